The van der Waals surface area contributed by atoms with Crippen molar-refractivity contribution in [1.29, 1.82) is 0 Å². The molecule has 0 aliphatic rings. The Kier molecular flexibility index (Phi) is 12.8. The average molecular weight is 234 g/mol. The summed E-state index contributed by atoms with van der Waals surface area (Å²) in [6, 6.07) is 0. The van der Waals surface area contributed by atoms with Crippen molar-refractivity contribution < 1.29 is 18.9 Å². The van der Waals surface area contributed by atoms with Gasteiger partial charge < -0.3 is 18.9 Å². The molecule has 0 saturated heterocycles. The van der Waals surface area contributed by atoms with Crippen molar-refractivity contribution in [2.75, 3.05) is 39.6 Å². The van der Waals surface area contributed by atoms with E-state index < -0.39 is 0 Å². The van der Waals surface area contributed by atoms with Gasteiger partial charge in [0.1, 0.15) is 0 Å². The highest BCUT2D eigenvalue weighted by Crippen LogP contribution is 2.01. The van der Waals surface area contributed by atoms with Gasteiger partial charge in [-0.1, -0.05) is 6.92 Å². The first-order valence-corrected chi connectivity index (χ1v) is 6.23. The molecule has 0 aromatic rings. The molecular formula is C12H26O4. The average Bonchev–Trinajstić information content (AvgIpc) is 2.28. The Morgan fingerprint density at radius 1 is 0.750 bits per heavy atom. The molecule has 0 fully saturated rings. The fourth-order valence-electron chi connectivity index (χ4n) is 1.23. The van der Waals surface area contributed by atoms with E-state index in [2.05, 4.69) is 6.92 Å². The minimum atomic E-state index is -0.133. The lowest BCUT2D eigenvalue weighted by Crippen LogP contribution is -2.20. The molecule has 0 saturated carbocycles. The topological polar surface area (TPSA) is 36.9 Å². The van der Waals surface area contributed by atoms with Crippen molar-refractivity contribution in [1.82, 2.24) is 0 Å². The van der Waals surface area contributed by atoms with Crippen LogP contribution in [0.3, 0.4) is 0 Å². The minimum Gasteiger partial charge on any atom is -0.379 e. The Hall–Kier alpha value is -0.160. The largest absolute Gasteiger partial charge is 0.379 e. The van der Waals surface area contributed by atoms with Crippen molar-refractivity contribution in [3.8, 4) is 0 Å². The fourth-order valence-corrected chi connectivity index (χ4v) is 1.23. The molecule has 0 aliphatic carbocycles. The molecule has 4 nitrogen and oxygen atoms in total. The third-order valence-corrected chi connectivity index (χ3v) is 1.92. The van der Waals surface area contributed by atoms with Crippen molar-refractivity contribution in [3.05, 3.63) is 0 Å². The monoisotopic (exact) mass is 234 g/mol. The highest BCUT2D eigenvalue weighted by molar-refractivity contribution is 4.44. The Morgan fingerprint density at radius 2 is 1.31 bits per heavy atom. The lowest BCUT2D eigenvalue weighted by atomic mass is 10.4. The number of rotatable bonds is 12. The molecule has 0 atom stereocenters. The predicted octanol–water partition coefficient (Wildman–Crippen LogP) is 2.22. The molecule has 0 aromatic carbocycles. The van der Waals surface area contributed by atoms with Crippen LogP contribution in [0.2, 0.25) is 0 Å². The van der Waals surface area contributed by atoms with Crippen LogP contribution in [0, 0.1) is 0 Å². The quantitative estimate of drug-likeness (QED) is 0.383. The first-order chi connectivity index (χ1) is 7.85. The normalized spacial score (nSPS) is 11.2. The standard InChI is InChI=1S/C12H26O4/c1-4-8-13-10-11-14-9-7-12(15-5-2)16-6-3/h12H,4-11H2,1-3H3. The maximum Gasteiger partial charge on any atom is 0.159 e. The highest BCUT2D eigenvalue weighted by atomic mass is 16.7. The molecule has 0 spiro atoms. The molecular weight excluding hydrogens is 208 g/mol. The summed E-state index contributed by atoms with van der Waals surface area (Å²) in [6.45, 7) is 10.1. The second-order valence-electron chi connectivity index (χ2n) is 3.35. The smallest absolute Gasteiger partial charge is 0.159 e. The van der Waals surface area contributed by atoms with Gasteiger partial charge >= 0.3 is 0 Å². The molecule has 0 amide bonds. The van der Waals surface area contributed by atoms with Gasteiger partial charge in [-0.3, -0.25) is 0 Å². The summed E-state index contributed by atoms with van der Waals surface area (Å²) in [4.78, 5) is 0. The van der Waals surface area contributed by atoms with E-state index in [4.69, 9.17) is 18.9 Å². The second kappa shape index (κ2) is 12.9. The third-order valence-electron chi connectivity index (χ3n) is 1.92. The SMILES string of the molecule is CCCOCCOCCC(OCC)OCC. The van der Waals surface area contributed by atoms with E-state index in [1.807, 2.05) is 13.8 Å². The van der Waals surface area contributed by atoms with Crippen LogP contribution in [0.5, 0.6) is 0 Å². The lowest BCUT2D eigenvalue weighted by Gasteiger charge is -2.16. The maximum atomic E-state index is 5.42. The molecule has 0 bridgehead atoms. The van der Waals surface area contributed by atoms with E-state index in [0.717, 1.165) is 19.4 Å². The van der Waals surface area contributed by atoms with Crippen LogP contribution >= 0.6 is 0 Å². The van der Waals surface area contributed by atoms with Gasteiger partial charge in [0, 0.05) is 26.2 Å². The van der Waals surface area contributed by atoms with E-state index in [9.17, 15) is 0 Å². The van der Waals surface area contributed by atoms with Crippen molar-refractivity contribution in [2.45, 2.75) is 39.9 Å². The number of hydrogen-bond acceptors (Lipinski definition) is 4. The Morgan fingerprint density at radius 3 is 1.81 bits per heavy atom. The van der Waals surface area contributed by atoms with E-state index in [1.165, 1.54) is 0 Å². The minimum absolute atomic E-state index is 0.133. The third kappa shape index (κ3) is 10.4. The van der Waals surface area contributed by atoms with Crippen LogP contribution in [0.15, 0.2) is 0 Å². The molecule has 0 rings (SSSR count). The van der Waals surface area contributed by atoms with E-state index in [-0.39, 0.29) is 6.29 Å². The van der Waals surface area contributed by atoms with Gasteiger partial charge in [-0.25, -0.2) is 0 Å². The van der Waals surface area contributed by atoms with Crippen LogP contribution < -0.4 is 0 Å². The summed E-state index contributed by atoms with van der Waals surface area (Å²) in [5.74, 6) is 0. The zero-order valence-electron chi connectivity index (χ0n) is 10.9. The Bertz CT molecular complexity index is 124. The lowest BCUT2D eigenvalue weighted by molar-refractivity contribution is -0.147. The molecule has 0 aliphatic heterocycles. The van der Waals surface area contributed by atoms with Gasteiger partial charge in [0.15, 0.2) is 6.29 Å². The molecule has 16 heavy (non-hydrogen) atoms. The van der Waals surface area contributed by atoms with Crippen LogP contribution in [0.1, 0.15) is 33.6 Å². The van der Waals surface area contributed by atoms with E-state index in [1.54, 1.807) is 0 Å². The maximum absolute atomic E-state index is 5.42. The summed E-state index contributed by atoms with van der Waals surface area (Å²) in [7, 11) is 0. The first-order valence-electron chi connectivity index (χ1n) is 6.23. The van der Waals surface area contributed by atoms with Crippen molar-refractivity contribution in [2.24, 2.45) is 0 Å². The molecule has 0 heterocycles. The van der Waals surface area contributed by atoms with E-state index in [0.29, 0.717) is 33.0 Å². The van der Waals surface area contributed by atoms with Gasteiger partial charge in [0.05, 0.1) is 19.8 Å². The van der Waals surface area contributed by atoms with Crippen LogP contribution in [0.4, 0.5) is 0 Å². The summed E-state index contributed by atoms with van der Waals surface area (Å²) in [6.07, 6.45) is 1.69. The van der Waals surface area contributed by atoms with Crippen LogP contribution in [-0.4, -0.2) is 45.9 Å². The Balaban J connectivity index is 3.25. The molecule has 0 unspecified atom stereocenters. The predicted molar refractivity (Wildman–Crippen MR) is 63.6 cm³/mol. The fraction of sp³-hybridized carbons (Fsp3) is 1.00. The second-order valence-corrected chi connectivity index (χ2v) is 3.35. The van der Waals surface area contributed by atoms with Crippen molar-refractivity contribution >= 4 is 0 Å². The van der Waals surface area contributed by atoms with Gasteiger partial charge in [0.25, 0.3) is 0 Å². The Labute approximate surface area is 99.2 Å². The summed E-state index contributed by atoms with van der Waals surface area (Å²) >= 11 is 0. The first kappa shape index (κ1) is 15.8. The van der Waals surface area contributed by atoms with Gasteiger partial charge in [-0.2, -0.15) is 0 Å². The highest BCUT2D eigenvalue weighted by Gasteiger charge is 2.06. The number of hydrogen-bond donors (Lipinski definition) is 0. The number of ether oxygens (including phenoxy) is 4. The van der Waals surface area contributed by atoms with Crippen molar-refractivity contribution in [3.63, 3.8) is 0 Å². The summed E-state index contributed by atoms with van der Waals surface area (Å²) in [5, 5.41) is 0. The van der Waals surface area contributed by atoms with Crippen LogP contribution in [0.25, 0.3) is 0 Å². The van der Waals surface area contributed by atoms with E-state index >= 15 is 0 Å². The van der Waals surface area contributed by atoms with Gasteiger partial charge in [-0.05, 0) is 20.3 Å². The molecule has 98 valence electrons. The molecule has 0 N–H and O–H groups in total. The molecule has 0 radical (unpaired) electrons. The zero-order valence-corrected chi connectivity index (χ0v) is 10.9. The van der Waals surface area contributed by atoms with Gasteiger partial charge in [-0.15, -0.1) is 0 Å². The zero-order chi connectivity index (χ0) is 12.1. The van der Waals surface area contributed by atoms with Crippen LogP contribution in [-0.2, 0) is 18.9 Å². The molecule has 4 heteroatoms. The summed E-state index contributed by atoms with van der Waals surface area (Å²) in [5.41, 5.74) is 0. The van der Waals surface area contributed by atoms with Gasteiger partial charge in [0.2, 0.25) is 0 Å². The summed E-state index contributed by atoms with van der Waals surface area (Å²) < 4.78 is 21.5. The molecule has 0 aromatic heterocycles.